The third-order valence-corrected chi connectivity index (χ3v) is 2.95. The number of carboxylic acid groups (broad SMARTS) is 1. The maximum Gasteiger partial charge on any atom is 0.317 e. The third kappa shape index (κ3) is 6.23. The molecule has 1 aromatic rings. The van der Waals surface area contributed by atoms with E-state index in [0.29, 0.717) is 12.5 Å². The van der Waals surface area contributed by atoms with Gasteiger partial charge in [-0.3, -0.25) is 14.5 Å². The van der Waals surface area contributed by atoms with Gasteiger partial charge in [-0.2, -0.15) is 0 Å². The van der Waals surface area contributed by atoms with E-state index >= 15 is 0 Å². The van der Waals surface area contributed by atoms with Crippen molar-refractivity contribution < 1.29 is 14.7 Å². The molecule has 21 heavy (non-hydrogen) atoms. The molecule has 1 amide bonds. The average molecular weight is 290 g/mol. The Bertz CT molecular complexity index is 512. The maximum absolute atomic E-state index is 12.0. The topological polar surface area (TPSA) is 69.6 Å². The van der Waals surface area contributed by atoms with Crippen LogP contribution < -0.4 is 5.32 Å². The van der Waals surface area contributed by atoms with Gasteiger partial charge in [0, 0.05) is 12.2 Å². The Labute approximate surface area is 125 Å². The number of carbonyl (C=O) groups excluding carboxylic acids is 1. The summed E-state index contributed by atoms with van der Waals surface area (Å²) in [5, 5.41) is 11.6. The summed E-state index contributed by atoms with van der Waals surface area (Å²) in [7, 11) is 0. The van der Waals surface area contributed by atoms with Crippen molar-refractivity contribution in [2.45, 2.75) is 19.8 Å². The first-order chi connectivity index (χ1) is 9.92. The fraction of sp³-hybridized carbons (Fsp3) is 0.375. The predicted molar refractivity (Wildman–Crippen MR) is 83.4 cm³/mol. The average Bonchev–Trinajstić information content (AvgIpc) is 2.38. The SMILES string of the molecule is C=CCN(CC(=O)O)CC(=O)Nc1cccc(C(C)C)c1. The number of hydrogen-bond donors (Lipinski definition) is 2. The van der Waals surface area contributed by atoms with Crippen molar-refractivity contribution in [3.05, 3.63) is 42.5 Å². The van der Waals surface area contributed by atoms with Gasteiger partial charge in [-0.05, 0) is 23.6 Å². The van der Waals surface area contributed by atoms with Crippen molar-refractivity contribution in [2.24, 2.45) is 0 Å². The molecule has 1 aromatic carbocycles. The Morgan fingerprint density at radius 2 is 2.10 bits per heavy atom. The Morgan fingerprint density at radius 1 is 1.38 bits per heavy atom. The molecule has 0 atom stereocenters. The van der Waals surface area contributed by atoms with E-state index in [4.69, 9.17) is 5.11 Å². The van der Waals surface area contributed by atoms with Gasteiger partial charge in [0.2, 0.25) is 5.91 Å². The van der Waals surface area contributed by atoms with Crippen LogP contribution in [0.25, 0.3) is 0 Å². The number of anilines is 1. The molecule has 0 fully saturated rings. The minimum absolute atomic E-state index is 0.0181. The number of aliphatic carboxylic acids is 1. The lowest BCUT2D eigenvalue weighted by Crippen LogP contribution is -2.37. The number of benzene rings is 1. The standard InChI is InChI=1S/C16H22N2O3/c1-4-8-18(11-16(20)21)10-15(19)17-14-7-5-6-13(9-14)12(2)3/h4-7,9,12H,1,8,10-11H2,2-3H3,(H,17,19)(H,20,21). The molecule has 0 saturated carbocycles. The minimum atomic E-state index is -0.966. The van der Waals surface area contributed by atoms with Crippen molar-refractivity contribution in [3.63, 3.8) is 0 Å². The highest BCUT2D eigenvalue weighted by Gasteiger charge is 2.13. The van der Waals surface area contributed by atoms with Crippen LogP contribution in [0.5, 0.6) is 0 Å². The summed E-state index contributed by atoms with van der Waals surface area (Å²) in [5.74, 6) is -0.823. The highest BCUT2D eigenvalue weighted by atomic mass is 16.4. The summed E-state index contributed by atoms with van der Waals surface area (Å²) >= 11 is 0. The normalized spacial score (nSPS) is 10.7. The van der Waals surface area contributed by atoms with Crippen LogP contribution in [0.15, 0.2) is 36.9 Å². The van der Waals surface area contributed by atoms with Crippen molar-refractivity contribution in [3.8, 4) is 0 Å². The Morgan fingerprint density at radius 3 is 2.67 bits per heavy atom. The molecule has 1 rings (SSSR count). The van der Waals surface area contributed by atoms with Gasteiger partial charge in [-0.15, -0.1) is 6.58 Å². The summed E-state index contributed by atoms with van der Waals surface area (Å²) in [6.07, 6.45) is 1.58. The predicted octanol–water partition coefficient (Wildman–Crippen LogP) is 2.32. The molecular formula is C16H22N2O3. The highest BCUT2D eigenvalue weighted by molar-refractivity contribution is 5.92. The molecule has 0 unspecified atom stereocenters. The van der Waals surface area contributed by atoms with Gasteiger partial charge < -0.3 is 10.4 Å². The number of nitrogens with zero attached hydrogens (tertiary/aromatic N) is 1. The van der Waals surface area contributed by atoms with Crippen molar-refractivity contribution in [1.82, 2.24) is 4.90 Å². The lowest BCUT2D eigenvalue weighted by molar-refractivity contribution is -0.138. The molecule has 5 heteroatoms. The van der Waals surface area contributed by atoms with E-state index < -0.39 is 5.97 Å². The fourth-order valence-electron chi connectivity index (χ4n) is 1.94. The number of hydrogen-bond acceptors (Lipinski definition) is 3. The van der Waals surface area contributed by atoms with Crippen LogP contribution >= 0.6 is 0 Å². The monoisotopic (exact) mass is 290 g/mol. The lowest BCUT2D eigenvalue weighted by atomic mass is 10.0. The number of carboxylic acids is 1. The van der Waals surface area contributed by atoms with Crippen LogP contribution in [0.1, 0.15) is 25.3 Å². The van der Waals surface area contributed by atoms with Crippen LogP contribution in [0.4, 0.5) is 5.69 Å². The molecule has 0 aromatic heterocycles. The molecule has 0 bridgehead atoms. The van der Waals surface area contributed by atoms with E-state index in [0.717, 1.165) is 11.3 Å². The summed E-state index contributed by atoms with van der Waals surface area (Å²) in [4.78, 5) is 24.2. The molecule has 0 aliphatic heterocycles. The highest BCUT2D eigenvalue weighted by Crippen LogP contribution is 2.18. The maximum atomic E-state index is 12.0. The lowest BCUT2D eigenvalue weighted by Gasteiger charge is -2.18. The van der Waals surface area contributed by atoms with Crippen molar-refractivity contribution in [2.75, 3.05) is 25.0 Å². The smallest absolute Gasteiger partial charge is 0.317 e. The molecule has 0 aliphatic rings. The summed E-state index contributed by atoms with van der Waals surface area (Å²) < 4.78 is 0. The van der Waals surface area contributed by atoms with Crippen LogP contribution in [0.2, 0.25) is 0 Å². The van der Waals surface area contributed by atoms with E-state index in [1.165, 1.54) is 4.90 Å². The molecule has 2 N–H and O–H groups in total. The van der Waals surface area contributed by atoms with Gasteiger partial charge in [0.05, 0.1) is 13.1 Å². The van der Waals surface area contributed by atoms with Crippen molar-refractivity contribution >= 4 is 17.6 Å². The summed E-state index contributed by atoms with van der Waals surface area (Å²) in [5.41, 5.74) is 1.86. The third-order valence-electron chi connectivity index (χ3n) is 2.95. The van der Waals surface area contributed by atoms with E-state index in [1.54, 1.807) is 6.08 Å². The molecule has 0 spiro atoms. The molecule has 5 nitrogen and oxygen atoms in total. The van der Waals surface area contributed by atoms with Gasteiger partial charge in [-0.1, -0.05) is 32.1 Å². The number of carbonyl (C=O) groups is 2. The molecule has 0 heterocycles. The number of nitrogens with one attached hydrogen (secondary N) is 1. The first-order valence-corrected chi connectivity index (χ1v) is 6.87. The minimum Gasteiger partial charge on any atom is -0.480 e. The van der Waals surface area contributed by atoms with Gasteiger partial charge >= 0.3 is 5.97 Å². The first-order valence-electron chi connectivity index (χ1n) is 6.87. The van der Waals surface area contributed by atoms with Gasteiger partial charge in [-0.25, -0.2) is 0 Å². The van der Waals surface area contributed by atoms with Gasteiger partial charge in [0.1, 0.15) is 0 Å². The second-order valence-electron chi connectivity index (χ2n) is 5.18. The largest absolute Gasteiger partial charge is 0.480 e. The van der Waals surface area contributed by atoms with E-state index in [1.807, 2.05) is 24.3 Å². The second kappa shape index (κ2) is 8.21. The quantitative estimate of drug-likeness (QED) is 0.721. The molecule has 0 radical (unpaired) electrons. The van der Waals surface area contributed by atoms with E-state index in [9.17, 15) is 9.59 Å². The summed E-state index contributed by atoms with van der Waals surface area (Å²) in [6, 6.07) is 7.65. The van der Waals surface area contributed by atoms with E-state index in [2.05, 4.69) is 25.7 Å². The van der Waals surface area contributed by atoms with Crippen LogP contribution in [0.3, 0.4) is 0 Å². The number of rotatable bonds is 8. The molecule has 0 saturated heterocycles. The Kier molecular flexibility index (Phi) is 6.62. The van der Waals surface area contributed by atoms with E-state index in [-0.39, 0.29) is 19.0 Å². The Balaban J connectivity index is 2.64. The van der Waals surface area contributed by atoms with Gasteiger partial charge in [0.25, 0.3) is 0 Å². The van der Waals surface area contributed by atoms with Gasteiger partial charge in [0.15, 0.2) is 0 Å². The van der Waals surface area contributed by atoms with Crippen LogP contribution in [-0.2, 0) is 9.59 Å². The van der Waals surface area contributed by atoms with Crippen molar-refractivity contribution in [1.29, 1.82) is 0 Å². The first kappa shape index (κ1) is 16.9. The zero-order valence-electron chi connectivity index (χ0n) is 12.5. The summed E-state index contributed by atoms with van der Waals surface area (Å²) in [6.45, 7) is 7.91. The second-order valence-corrected chi connectivity index (χ2v) is 5.18. The molecule has 0 aliphatic carbocycles. The number of amides is 1. The molecular weight excluding hydrogens is 268 g/mol. The molecule has 114 valence electrons. The fourth-order valence-corrected chi connectivity index (χ4v) is 1.94. The zero-order valence-corrected chi connectivity index (χ0v) is 12.5. The van der Waals surface area contributed by atoms with Crippen LogP contribution in [-0.4, -0.2) is 41.5 Å². The van der Waals surface area contributed by atoms with Crippen LogP contribution in [0, 0.1) is 0 Å². The zero-order chi connectivity index (χ0) is 15.8. The Hall–Kier alpha value is -2.14.